The molecule has 96 valence electrons. The number of aryl methyl sites for hydroxylation is 2. The molecule has 1 rings (SSSR count). The van der Waals surface area contributed by atoms with Gasteiger partial charge in [-0.1, -0.05) is 25.1 Å². The van der Waals surface area contributed by atoms with Crippen LogP contribution >= 0.6 is 0 Å². The maximum Gasteiger partial charge on any atom is 0.0783 e. The van der Waals surface area contributed by atoms with Crippen molar-refractivity contribution in [2.24, 2.45) is 0 Å². The number of rotatable bonds is 6. The van der Waals surface area contributed by atoms with Gasteiger partial charge in [0.05, 0.1) is 5.60 Å². The fourth-order valence-electron chi connectivity index (χ4n) is 2.11. The fourth-order valence-corrected chi connectivity index (χ4v) is 2.11. The van der Waals surface area contributed by atoms with Crippen molar-refractivity contribution in [1.82, 2.24) is 5.32 Å². The van der Waals surface area contributed by atoms with Crippen LogP contribution in [0.15, 0.2) is 18.2 Å². The Morgan fingerprint density at radius 2 is 1.82 bits per heavy atom. The van der Waals surface area contributed by atoms with Crippen molar-refractivity contribution in [1.29, 1.82) is 0 Å². The Hall–Kier alpha value is -0.860. The summed E-state index contributed by atoms with van der Waals surface area (Å²) < 4.78 is 0. The van der Waals surface area contributed by atoms with E-state index in [2.05, 4.69) is 44.3 Å². The normalized spacial score (nSPS) is 14.6. The van der Waals surface area contributed by atoms with Crippen LogP contribution in [0.4, 0.5) is 0 Å². The zero-order valence-corrected chi connectivity index (χ0v) is 11.5. The van der Waals surface area contributed by atoms with Crippen LogP contribution in [0.3, 0.4) is 0 Å². The Labute approximate surface area is 105 Å². The van der Waals surface area contributed by atoms with Crippen LogP contribution < -0.4 is 5.32 Å². The van der Waals surface area contributed by atoms with Crippen LogP contribution in [0, 0.1) is 13.8 Å². The highest BCUT2D eigenvalue weighted by Gasteiger charge is 2.21. The maximum absolute atomic E-state index is 10.4. The average molecular weight is 235 g/mol. The van der Waals surface area contributed by atoms with Gasteiger partial charge in [0.15, 0.2) is 0 Å². The van der Waals surface area contributed by atoms with Gasteiger partial charge in [-0.25, -0.2) is 0 Å². The minimum atomic E-state index is -0.675. The fraction of sp³-hybridized carbons (Fsp3) is 0.600. The highest BCUT2D eigenvalue weighted by atomic mass is 16.3. The van der Waals surface area contributed by atoms with Gasteiger partial charge in [-0.2, -0.15) is 0 Å². The van der Waals surface area contributed by atoms with Crippen LogP contribution in [-0.4, -0.2) is 23.8 Å². The topological polar surface area (TPSA) is 32.3 Å². The van der Waals surface area contributed by atoms with Gasteiger partial charge in [-0.3, -0.25) is 0 Å². The summed E-state index contributed by atoms with van der Waals surface area (Å²) in [7, 11) is 0. The van der Waals surface area contributed by atoms with Gasteiger partial charge in [-0.15, -0.1) is 0 Å². The lowest BCUT2D eigenvalue weighted by Crippen LogP contribution is -2.40. The summed E-state index contributed by atoms with van der Waals surface area (Å²) >= 11 is 0. The van der Waals surface area contributed by atoms with Gasteiger partial charge in [0.1, 0.15) is 0 Å². The zero-order valence-electron chi connectivity index (χ0n) is 11.5. The van der Waals surface area contributed by atoms with Gasteiger partial charge in [-0.05, 0) is 50.4 Å². The van der Waals surface area contributed by atoms with Crippen molar-refractivity contribution in [3.8, 4) is 0 Å². The van der Waals surface area contributed by atoms with E-state index in [-0.39, 0.29) is 0 Å². The van der Waals surface area contributed by atoms with Crippen molar-refractivity contribution in [3.63, 3.8) is 0 Å². The molecule has 2 heteroatoms. The maximum atomic E-state index is 10.4. The predicted octanol–water partition coefficient (Wildman–Crippen LogP) is 2.60. The molecule has 0 aromatic heterocycles. The molecule has 2 nitrogen and oxygen atoms in total. The number of nitrogens with one attached hydrogen (secondary N) is 1. The van der Waals surface area contributed by atoms with Crippen LogP contribution in [0.5, 0.6) is 0 Å². The smallest absolute Gasteiger partial charge is 0.0783 e. The molecule has 0 bridgehead atoms. The van der Waals surface area contributed by atoms with Crippen LogP contribution in [0.25, 0.3) is 0 Å². The lowest BCUT2D eigenvalue weighted by Gasteiger charge is -2.25. The van der Waals surface area contributed by atoms with Gasteiger partial charge in [0.2, 0.25) is 0 Å². The van der Waals surface area contributed by atoms with Crippen molar-refractivity contribution in [3.05, 3.63) is 34.9 Å². The summed E-state index contributed by atoms with van der Waals surface area (Å²) in [4.78, 5) is 0. The number of hydrogen-bond acceptors (Lipinski definition) is 2. The number of benzene rings is 1. The van der Waals surface area contributed by atoms with E-state index in [9.17, 15) is 5.11 Å². The highest BCUT2D eigenvalue weighted by molar-refractivity contribution is 5.34. The summed E-state index contributed by atoms with van der Waals surface area (Å²) in [5, 5.41) is 13.7. The first-order chi connectivity index (χ1) is 7.96. The molecule has 0 heterocycles. The van der Waals surface area contributed by atoms with Crippen LogP contribution in [0.1, 0.15) is 37.0 Å². The molecule has 0 aliphatic rings. The quantitative estimate of drug-likeness (QED) is 0.743. The Balaban J connectivity index is 2.69. The largest absolute Gasteiger partial charge is 0.389 e. The molecule has 1 aromatic carbocycles. The van der Waals surface area contributed by atoms with Gasteiger partial charge in [0.25, 0.3) is 0 Å². The minimum absolute atomic E-state index is 0.647. The number of hydrogen-bond donors (Lipinski definition) is 2. The third-order valence-corrected chi connectivity index (χ3v) is 3.13. The summed E-state index contributed by atoms with van der Waals surface area (Å²) in [6.45, 7) is 9.86. The number of aliphatic hydroxyl groups is 1. The SMILES string of the molecule is CCCNCC(C)(O)Cc1c(C)cccc1C. The third kappa shape index (κ3) is 4.49. The second kappa shape index (κ2) is 6.18. The highest BCUT2D eigenvalue weighted by Crippen LogP contribution is 2.19. The molecule has 1 aromatic rings. The summed E-state index contributed by atoms with van der Waals surface area (Å²) in [5.74, 6) is 0. The Kier molecular flexibility index (Phi) is 5.16. The van der Waals surface area contributed by atoms with E-state index < -0.39 is 5.60 Å². The molecule has 0 aliphatic carbocycles. The molecule has 1 unspecified atom stereocenters. The average Bonchev–Trinajstić information content (AvgIpc) is 2.24. The molecule has 17 heavy (non-hydrogen) atoms. The van der Waals surface area contributed by atoms with E-state index in [0.717, 1.165) is 13.0 Å². The first-order valence-corrected chi connectivity index (χ1v) is 6.44. The standard InChI is InChI=1S/C15H25NO/c1-5-9-16-11-15(4,17)10-14-12(2)7-6-8-13(14)3/h6-8,16-17H,5,9-11H2,1-4H3. The second-order valence-corrected chi connectivity index (χ2v) is 5.22. The van der Waals surface area contributed by atoms with E-state index in [1.807, 2.05) is 6.92 Å². The molecule has 0 saturated carbocycles. The van der Waals surface area contributed by atoms with Crippen molar-refractivity contribution in [2.75, 3.05) is 13.1 Å². The zero-order chi connectivity index (χ0) is 12.9. The first kappa shape index (κ1) is 14.2. The van der Waals surface area contributed by atoms with E-state index in [4.69, 9.17) is 0 Å². The molecule has 0 spiro atoms. The first-order valence-electron chi connectivity index (χ1n) is 6.44. The van der Waals surface area contributed by atoms with Gasteiger partial charge < -0.3 is 10.4 Å². The summed E-state index contributed by atoms with van der Waals surface area (Å²) in [6.07, 6.45) is 1.81. The van der Waals surface area contributed by atoms with Gasteiger partial charge in [0, 0.05) is 13.0 Å². The predicted molar refractivity (Wildman–Crippen MR) is 73.4 cm³/mol. The summed E-state index contributed by atoms with van der Waals surface area (Å²) in [6, 6.07) is 6.29. The Morgan fingerprint density at radius 3 is 2.35 bits per heavy atom. The Bertz CT molecular complexity index is 338. The lowest BCUT2D eigenvalue weighted by atomic mass is 9.90. The van der Waals surface area contributed by atoms with E-state index in [1.54, 1.807) is 0 Å². The summed E-state index contributed by atoms with van der Waals surface area (Å²) in [5.41, 5.74) is 3.13. The molecule has 0 saturated heterocycles. The van der Waals surface area contributed by atoms with E-state index in [0.29, 0.717) is 13.0 Å². The van der Waals surface area contributed by atoms with E-state index in [1.165, 1.54) is 16.7 Å². The minimum Gasteiger partial charge on any atom is -0.389 e. The van der Waals surface area contributed by atoms with E-state index >= 15 is 0 Å². The monoisotopic (exact) mass is 235 g/mol. The van der Waals surface area contributed by atoms with Gasteiger partial charge >= 0.3 is 0 Å². The van der Waals surface area contributed by atoms with Crippen LogP contribution in [-0.2, 0) is 6.42 Å². The molecule has 0 amide bonds. The molecule has 0 aliphatic heterocycles. The molecule has 0 radical (unpaired) electrons. The molecule has 0 fully saturated rings. The molecule has 1 atom stereocenters. The third-order valence-electron chi connectivity index (χ3n) is 3.13. The van der Waals surface area contributed by atoms with Crippen molar-refractivity contribution >= 4 is 0 Å². The van der Waals surface area contributed by atoms with Crippen LogP contribution in [0.2, 0.25) is 0 Å². The second-order valence-electron chi connectivity index (χ2n) is 5.22. The molecular formula is C15H25NO. The lowest BCUT2D eigenvalue weighted by molar-refractivity contribution is 0.0600. The van der Waals surface area contributed by atoms with Crippen molar-refractivity contribution < 1.29 is 5.11 Å². The molecular weight excluding hydrogens is 210 g/mol. The van der Waals surface area contributed by atoms with Crippen molar-refractivity contribution in [2.45, 2.75) is 46.1 Å². The molecule has 2 N–H and O–H groups in total. The Morgan fingerprint density at radius 1 is 1.24 bits per heavy atom.